The lowest BCUT2D eigenvalue weighted by Gasteiger charge is -2.12. The third-order valence-corrected chi connectivity index (χ3v) is 3.79. The first-order chi connectivity index (χ1) is 9.86. The largest absolute Gasteiger partial charge is 0.454 e. The zero-order chi connectivity index (χ0) is 15.6. The van der Waals surface area contributed by atoms with E-state index in [9.17, 15) is 4.39 Å². The fourth-order valence-corrected chi connectivity index (χ4v) is 2.33. The van der Waals surface area contributed by atoms with E-state index < -0.39 is 5.82 Å². The third-order valence-electron chi connectivity index (χ3n) is 3.19. The Morgan fingerprint density at radius 3 is 2.33 bits per heavy atom. The minimum atomic E-state index is -0.390. The van der Waals surface area contributed by atoms with Crippen LogP contribution in [-0.2, 0) is 6.42 Å². The second-order valence-electron chi connectivity index (χ2n) is 5.42. The maximum atomic E-state index is 14.1. The first kappa shape index (κ1) is 15.8. The molecule has 21 heavy (non-hydrogen) atoms. The number of hydrogen-bond donors (Lipinski definition) is 1. The van der Waals surface area contributed by atoms with Gasteiger partial charge in [-0.15, -0.1) is 0 Å². The molecule has 0 spiro atoms. The van der Waals surface area contributed by atoms with E-state index in [0.717, 1.165) is 16.7 Å². The zero-order valence-electron chi connectivity index (χ0n) is 12.4. The molecule has 112 valence electrons. The van der Waals surface area contributed by atoms with Crippen molar-refractivity contribution >= 4 is 11.6 Å². The summed E-state index contributed by atoms with van der Waals surface area (Å²) in [6.07, 6.45) is 0.635. The van der Waals surface area contributed by atoms with Gasteiger partial charge < -0.3 is 10.5 Å². The monoisotopic (exact) mass is 307 g/mol. The van der Waals surface area contributed by atoms with E-state index >= 15 is 0 Å². The molecule has 2 rings (SSSR count). The van der Waals surface area contributed by atoms with Crippen molar-refractivity contribution in [3.63, 3.8) is 0 Å². The molecule has 0 amide bonds. The Kier molecular flexibility index (Phi) is 4.86. The van der Waals surface area contributed by atoms with Crippen LogP contribution in [0.5, 0.6) is 11.5 Å². The van der Waals surface area contributed by atoms with Crippen molar-refractivity contribution in [1.29, 1.82) is 0 Å². The summed E-state index contributed by atoms with van der Waals surface area (Å²) < 4.78 is 19.7. The van der Waals surface area contributed by atoms with Gasteiger partial charge in [0, 0.05) is 11.1 Å². The van der Waals surface area contributed by atoms with Gasteiger partial charge >= 0.3 is 0 Å². The Hall–Kier alpha value is -1.58. The van der Waals surface area contributed by atoms with Crippen LogP contribution in [0.1, 0.15) is 23.6 Å². The summed E-state index contributed by atoms with van der Waals surface area (Å²) in [5.74, 6) is 0.385. The molecule has 0 bridgehead atoms. The van der Waals surface area contributed by atoms with Gasteiger partial charge in [0.1, 0.15) is 5.75 Å². The summed E-state index contributed by atoms with van der Waals surface area (Å²) in [4.78, 5) is 0. The smallest absolute Gasteiger partial charge is 0.165 e. The topological polar surface area (TPSA) is 35.2 Å². The lowest BCUT2D eigenvalue weighted by molar-refractivity contribution is 0.441. The Balaban J connectivity index is 2.24. The molecule has 0 aliphatic rings. The lowest BCUT2D eigenvalue weighted by atomic mass is 10.1. The van der Waals surface area contributed by atoms with Gasteiger partial charge in [-0.25, -0.2) is 4.39 Å². The normalized spacial score (nSPS) is 12.3. The summed E-state index contributed by atoms with van der Waals surface area (Å²) in [6.45, 7) is 5.68. The minimum Gasteiger partial charge on any atom is -0.454 e. The lowest BCUT2D eigenvalue weighted by Crippen LogP contribution is -2.17. The first-order valence-corrected chi connectivity index (χ1v) is 7.23. The quantitative estimate of drug-likeness (QED) is 0.882. The highest BCUT2D eigenvalue weighted by Crippen LogP contribution is 2.30. The van der Waals surface area contributed by atoms with Crippen LogP contribution in [0, 0.1) is 19.7 Å². The van der Waals surface area contributed by atoms with E-state index in [-0.39, 0.29) is 11.8 Å². The number of rotatable bonds is 4. The molecule has 2 aromatic rings. The second kappa shape index (κ2) is 6.46. The molecule has 1 unspecified atom stereocenters. The maximum Gasteiger partial charge on any atom is 0.165 e. The standard InChI is InChI=1S/C17H19ClFNO/c1-10-6-14(7-11(2)17(10)18)21-16-5-4-13(8-12(3)20)9-15(16)19/h4-7,9,12H,8,20H2,1-3H3. The Labute approximate surface area is 129 Å². The highest BCUT2D eigenvalue weighted by Gasteiger charge is 2.09. The van der Waals surface area contributed by atoms with Crippen LogP contribution in [0.4, 0.5) is 4.39 Å². The van der Waals surface area contributed by atoms with Gasteiger partial charge in [0.25, 0.3) is 0 Å². The van der Waals surface area contributed by atoms with Crippen molar-refractivity contribution < 1.29 is 9.13 Å². The molecule has 0 aromatic heterocycles. The number of ether oxygens (including phenoxy) is 1. The van der Waals surface area contributed by atoms with Crippen molar-refractivity contribution in [2.24, 2.45) is 5.73 Å². The van der Waals surface area contributed by atoms with Crippen LogP contribution in [0.25, 0.3) is 0 Å². The molecule has 2 N–H and O–H groups in total. The van der Waals surface area contributed by atoms with Gasteiger partial charge in [-0.2, -0.15) is 0 Å². The van der Waals surface area contributed by atoms with Crippen LogP contribution < -0.4 is 10.5 Å². The Morgan fingerprint density at radius 2 is 1.81 bits per heavy atom. The number of nitrogens with two attached hydrogens (primary N) is 1. The summed E-state index contributed by atoms with van der Waals surface area (Å²) >= 11 is 6.11. The summed E-state index contributed by atoms with van der Waals surface area (Å²) in [7, 11) is 0. The van der Waals surface area contributed by atoms with Crippen molar-refractivity contribution in [2.75, 3.05) is 0 Å². The van der Waals surface area contributed by atoms with Gasteiger partial charge in [-0.05, 0) is 68.1 Å². The highest BCUT2D eigenvalue weighted by atomic mass is 35.5. The average Bonchev–Trinajstić information content (AvgIpc) is 2.38. The van der Waals surface area contributed by atoms with Crippen molar-refractivity contribution in [2.45, 2.75) is 33.2 Å². The van der Waals surface area contributed by atoms with Gasteiger partial charge in [0.05, 0.1) is 0 Å². The molecule has 0 aliphatic heterocycles. The molecule has 0 heterocycles. The van der Waals surface area contributed by atoms with E-state index in [2.05, 4.69) is 0 Å². The van der Waals surface area contributed by atoms with Gasteiger partial charge in [-0.3, -0.25) is 0 Å². The van der Waals surface area contributed by atoms with Crippen molar-refractivity contribution in [1.82, 2.24) is 0 Å². The fourth-order valence-electron chi connectivity index (χ4n) is 2.22. The molecule has 0 saturated heterocycles. The van der Waals surface area contributed by atoms with Gasteiger partial charge in [0.15, 0.2) is 11.6 Å². The van der Waals surface area contributed by atoms with Crippen LogP contribution in [-0.4, -0.2) is 6.04 Å². The van der Waals surface area contributed by atoms with Crippen LogP contribution in [0.2, 0.25) is 5.02 Å². The molecule has 0 aliphatic carbocycles. The van der Waals surface area contributed by atoms with Gasteiger partial charge in [0.2, 0.25) is 0 Å². The fraction of sp³-hybridized carbons (Fsp3) is 0.294. The van der Waals surface area contributed by atoms with E-state index in [4.69, 9.17) is 22.1 Å². The average molecular weight is 308 g/mol. The zero-order valence-corrected chi connectivity index (χ0v) is 13.2. The molecule has 1 atom stereocenters. The molecule has 4 heteroatoms. The van der Waals surface area contributed by atoms with E-state index in [1.54, 1.807) is 18.2 Å². The summed E-state index contributed by atoms with van der Waals surface area (Å²) in [6, 6.07) is 8.52. The van der Waals surface area contributed by atoms with E-state index in [1.165, 1.54) is 6.07 Å². The second-order valence-corrected chi connectivity index (χ2v) is 5.80. The Morgan fingerprint density at radius 1 is 1.19 bits per heavy atom. The number of benzene rings is 2. The number of halogens is 2. The van der Waals surface area contributed by atoms with Crippen molar-refractivity contribution in [3.05, 3.63) is 57.9 Å². The maximum absolute atomic E-state index is 14.1. The molecule has 2 aromatic carbocycles. The van der Waals surface area contributed by atoms with Crippen LogP contribution in [0.15, 0.2) is 30.3 Å². The molecular weight excluding hydrogens is 289 g/mol. The molecule has 0 saturated carbocycles. The first-order valence-electron chi connectivity index (χ1n) is 6.85. The summed E-state index contributed by atoms with van der Waals surface area (Å²) in [5.41, 5.74) is 8.38. The molecular formula is C17H19ClFNO. The SMILES string of the molecule is Cc1cc(Oc2ccc(CC(C)N)cc2F)cc(C)c1Cl. The minimum absolute atomic E-state index is 0.00210. The number of aryl methyl sites for hydroxylation is 2. The summed E-state index contributed by atoms with van der Waals surface area (Å²) in [5, 5.41) is 0.704. The van der Waals surface area contributed by atoms with E-state index in [0.29, 0.717) is 17.2 Å². The Bertz CT molecular complexity index is 632. The molecule has 0 radical (unpaired) electrons. The van der Waals surface area contributed by atoms with Crippen LogP contribution in [0.3, 0.4) is 0 Å². The molecule has 0 fully saturated rings. The predicted molar refractivity (Wildman–Crippen MR) is 84.8 cm³/mol. The van der Waals surface area contributed by atoms with Crippen molar-refractivity contribution in [3.8, 4) is 11.5 Å². The van der Waals surface area contributed by atoms with Crippen LogP contribution >= 0.6 is 11.6 Å². The molecule has 2 nitrogen and oxygen atoms in total. The third kappa shape index (κ3) is 3.96. The van der Waals surface area contributed by atoms with Gasteiger partial charge in [-0.1, -0.05) is 17.7 Å². The number of hydrogen-bond acceptors (Lipinski definition) is 2. The highest BCUT2D eigenvalue weighted by molar-refractivity contribution is 6.32. The van der Waals surface area contributed by atoms with E-state index in [1.807, 2.05) is 26.8 Å². The predicted octanol–water partition coefficient (Wildman–Crippen LogP) is 4.78.